The molecule has 1 fully saturated rings. The van der Waals surface area contributed by atoms with E-state index in [0.717, 1.165) is 13.1 Å². The van der Waals surface area contributed by atoms with Gasteiger partial charge in [0.15, 0.2) is 6.19 Å². The topological polar surface area (TPSA) is 59.4 Å². The number of nitriles is 1. The fourth-order valence-electron chi connectivity index (χ4n) is 1.14. The highest BCUT2D eigenvalue weighted by Gasteiger charge is 2.17. The molecule has 0 atom stereocenters. The Morgan fingerprint density at radius 3 is 2.50 bits per heavy atom. The van der Waals surface area contributed by atoms with Crippen molar-refractivity contribution in [2.75, 3.05) is 33.2 Å². The first-order chi connectivity index (χ1) is 5.74. The van der Waals surface area contributed by atoms with Gasteiger partial charge in [-0.3, -0.25) is 0 Å². The molecule has 1 aliphatic rings. The van der Waals surface area contributed by atoms with Crippen molar-refractivity contribution in [1.82, 2.24) is 15.1 Å². The van der Waals surface area contributed by atoms with Crippen LogP contribution in [0.25, 0.3) is 0 Å². The number of carbonyl (C=O) groups is 1. The molecular formula is C7H12N4O. The summed E-state index contributed by atoms with van der Waals surface area (Å²) in [4.78, 5) is 14.9. The second-order valence-electron chi connectivity index (χ2n) is 2.83. The van der Waals surface area contributed by atoms with E-state index >= 15 is 0 Å². The first kappa shape index (κ1) is 8.81. The number of nitrogens with zero attached hydrogens (tertiary/aromatic N) is 3. The van der Waals surface area contributed by atoms with Crippen molar-refractivity contribution in [3.8, 4) is 6.19 Å². The molecule has 2 amide bonds. The summed E-state index contributed by atoms with van der Waals surface area (Å²) in [6.07, 6.45) is 1.62. The van der Waals surface area contributed by atoms with E-state index in [2.05, 4.69) is 10.2 Å². The Morgan fingerprint density at radius 1 is 1.42 bits per heavy atom. The summed E-state index contributed by atoms with van der Waals surface area (Å²) in [5.74, 6) is 0. The van der Waals surface area contributed by atoms with Gasteiger partial charge in [-0.15, -0.1) is 0 Å². The highest BCUT2D eigenvalue weighted by molar-refractivity contribution is 5.75. The zero-order valence-corrected chi connectivity index (χ0v) is 7.08. The summed E-state index contributed by atoms with van der Waals surface area (Å²) < 4.78 is 0. The predicted molar refractivity (Wildman–Crippen MR) is 43.2 cm³/mol. The third-order valence-electron chi connectivity index (χ3n) is 1.95. The molecule has 66 valence electrons. The van der Waals surface area contributed by atoms with Crippen molar-refractivity contribution in [3.63, 3.8) is 0 Å². The third kappa shape index (κ3) is 2.10. The normalized spacial score (nSPS) is 18.5. The summed E-state index contributed by atoms with van der Waals surface area (Å²) in [5, 5.41) is 10.3. The molecule has 12 heavy (non-hydrogen) atoms. The largest absolute Gasteiger partial charge is 0.330 e. The molecule has 5 nitrogen and oxygen atoms in total. The van der Waals surface area contributed by atoms with E-state index in [0.29, 0.717) is 13.1 Å². The average molecular weight is 168 g/mol. The van der Waals surface area contributed by atoms with Crippen LogP contribution in [-0.2, 0) is 0 Å². The van der Waals surface area contributed by atoms with E-state index in [1.54, 1.807) is 11.1 Å². The number of piperazine rings is 1. The first-order valence-electron chi connectivity index (χ1n) is 3.86. The first-order valence-corrected chi connectivity index (χ1v) is 3.86. The van der Waals surface area contributed by atoms with Gasteiger partial charge in [0, 0.05) is 26.2 Å². The van der Waals surface area contributed by atoms with E-state index in [9.17, 15) is 4.79 Å². The molecule has 1 heterocycles. The summed E-state index contributed by atoms with van der Waals surface area (Å²) in [5.41, 5.74) is 0. The fourth-order valence-corrected chi connectivity index (χ4v) is 1.14. The Hall–Kier alpha value is -1.28. The maximum atomic E-state index is 11.1. The van der Waals surface area contributed by atoms with Crippen LogP contribution in [0.5, 0.6) is 0 Å². The molecule has 0 radical (unpaired) electrons. The Kier molecular flexibility index (Phi) is 2.88. The van der Waals surface area contributed by atoms with Crippen LogP contribution in [-0.4, -0.2) is 49.1 Å². The number of urea groups is 1. The third-order valence-corrected chi connectivity index (χ3v) is 1.95. The standard InChI is InChI=1S/C7H12N4O/c1-10-2-4-11(5-3-10)7(12)9-6-8/h2-5H2,1H3,(H,9,12). The number of nitrogens with one attached hydrogen (secondary N) is 1. The summed E-state index contributed by atoms with van der Waals surface area (Å²) in [6, 6.07) is -0.286. The molecule has 0 aromatic heterocycles. The molecule has 0 bridgehead atoms. The van der Waals surface area contributed by atoms with Gasteiger partial charge in [-0.1, -0.05) is 0 Å². The molecule has 5 heteroatoms. The van der Waals surface area contributed by atoms with Crippen molar-refractivity contribution in [1.29, 1.82) is 5.26 Å². The monoisotopic (exact) mass is 168 g/mol. The van der Waals surface area contributed by atoms with Gasteiger partial charge < -0.3 is 9.80 Å². The molecule has 0 unspecified atom stereocenters. The van der Waals surface area contributed by atoms with E-state index in [-0.39, 0.29) is 6.03 Å². The number of hydrogen-bond acceptors (Lipinski definition) is 3. The molecule has 0 aliphatic carbocycles. The molecule has 0 saturated carbocycles. The van der Waals surface area contributed by atoms with Crippen LogP contribution in [0.1, 0.15) is 0 Å². The Morgan fingerprint density at radius 2 is 2.00 bits per heavy atom. The van der Waals surface area contributed by atoms with Crippen LogP contribution in [0.3, 0.4) is 0 Å². The maximum Gasteiger partial charge on any atom is 0.330 e. The van der Waals surface area contributed by atoms with Gasteiger partial charge >= 0.3 is 6.03 Å². The SMILES string of the molecule is CN1CCN(C(=O)NC#N)CC1. The van der Waals surface area contributed by atoms with Gasteiger partial charge in [0.2, 0.25) is 0 Å². The highest BCUT2D eigenvalue weighted by Crippen LogP contribution is 1.98. The number of hydrogen-bond donors (Lipinski definition) is 1. The van der Waals surface area contributed by atoms with E-state index < -0.39 is 0 Å². The lowest BCUT2D eigenvalue weighted by molar-refractivity contribution is 0.157. The molecule has 1 N–H and O–H groups in total. The quantitative estimate of drug-likeness (QED) is 0.389. The van der Waals surface area contributed by atoms with Gasteiger partial charge in [0.05, 0.1) is 0 Å². The lowest BCUT2D eigenvalue weighted by Crippen LogP contribution is -2.49. The minimum absolute atomic E-state index is 0.286. The van der Waals surface area contributed by atoms with Crippen LogP contribution >= 0.6 is 0 Å². The minimum Gasteiger partial charge on any atom is -0.321 e. The van der Waals surface area contributed by atoms with Crippen LogP contribution in [0.4, 0.5) is 4.79 Å². The molecule has 0 aromatic rings. The highest BCUT2D eigenvalue weighted by atomic mass is 16.2. The number of rotatable bonds is 0. The summed E-state index contributed by atoms with van der Waals surface area (Å²) >= 11 is 0. The van der Waals surface area contributed by atoms with Crippen LogP contribution in [0.15, 0.2) is 0 Å². The zero-order chi connectivity index (χ0) is 8.97. The summed E-state index contributed by atoms with van der Waals surface area (Å²) in [6.45, 7) is 3.14. The zero-order valence-electron chi connectivity index (χ0n) is 7.08. The van der Waals surface area contributed by atoms with Crippen molar-refractivity contribution >= 4 is 6.03 Å². The minimum atomic E-state index is -0.286. The second-order valence-corrected chi connectivity index (χ2v) is 2.83. The molecule has 1 rings (SSSR count). The molecule has 1 saturated heterocycles. The smallest absolute Gasteiger partial charge is 0.321 e. The number of carbonyl (C=O) groups excluding carboxylic acids is 1. The molecule has 0 aromatic carbocycles. The fraction of sp³-hybridized carbons (Fsp3) is 0.714. The average Bonchev–Trinajstić information content (AvgIpc) is 2.06. The number of amides is 2. The van der Waals surface area contributed by atoms with Crippen molar-refractivity contribution in [2.24, 2.45) is 0 Å². The Bertz CT molecular complexity index is 202. The molecule has 1 aliphatic heterocycles. The molecule has 0 spiro atoms. The predicted octanol–water partition coefficient (Wildman–Crippen LogP) is -0.576. The maximum absolute atomic E-state index is 11.1. The van der Waals surface area contributed by atoms with E-state index in [1.807, 2.05) is 7.05 Å². The number of likely N-dealkylation sites (N-methyl/N-ethyl adjacent to an activating group) is 1. The van der Waals surface area contributed by atoms with Gasteiger partial charge in [-0.25, -0.2) is 10.1 Å². The van der Waals surface area contributed by atoms with Crippen LogP contribution in [0.2, 0.25) is 0 Å². The van der Waals surface area contributed by atoms with E-state index in [1.165, 1.54) is 0 Å². The molecular weight excluding hydrogens is 156 g/mol. The lowest BCUT2D eigenvalue weighted by atomic mass is 10.3. The van der Waals surface area contributed by atoms with Gasteiger partial charge in [0.1, 0.15) is 0 Å². The lowest BCUT2D eigenvalue weighted by Gasteiger charge is -2.31. The summed E-state index contributed by atoms with van der Waals surface area (Å²) in [7, 11) is 2.01. The van der Waals surface area contributed by atoms with Gasteiger partial charge in [-0.2, -0.15) is 5.26 Å². The van der Waals surface area contributed by atoms with E-state index in [4.69, 9.17) is 5.26 Å². The van der Waals surface area contributed by atoms with Crippen LogP contribution in [0, 0.1) is 11.5 Å². The second kappa shape index (κ2) is 3.93. The van der Waals surface area contributed by atoms with Gasteiger partial charge in [-0.05, 0) is 7.05 Å². The Balaban J connectivity index is 2.35. The van der Waals surface area contributed by atoms with Crippen LogP contribution < -0.4 is 5.32 Å². The van der Waals surface area contributed by atoms with Crippen molar-refractivity contribution in [2.45, 2.75) is 0 Å². The van der Waals surface area contributed by atoms with Crippen molar-refractivity contribution < 1.29 is 4.79 Å². The van der Waals surface area contributed by atoms with Crippen molar-refractivity contribution in [3.05, 3.63) is 0 Å². The van der Waals surface area contributed by atoms with Gasteiger partial charge in [0.25, 0.3) is 0 Å². The Labute approximate surface area is 71.5 Å².